The lowest BCUT2D eigenvalue weighted by atomic mass is 10.2. The normalized spacial score (nSPS) is 9.68. The number of nitrogens with zero attached hydrogens (tertiary/aromatic N) is 1. The summed E-state index contributed by atoms with van der Waals surface area (Å²) < 4.78 is 5.56. The van der Waals surface area contributed by atoms with Gasteiger partial charge in [-0.05, 0) is 36.8 Å². The predicted molar refractivity (Wildman–Crippen MR) is 89.3 cm³/mol. The van der Waals surface area contributed by atoms with Gasteiger partial charge in [0.15, 0.2) is 0 Å². The summed E-state index contributed by atoms with van der Waals surface area (Å²) in [7, 11) is 0. The van der Waals surface area contributed by atoms with Gasteiger partial charge in [-0.3, -0.25) is 9.78 Å². The third kappa shape index (κ3) is 6.01. The van der Waals surface area contributed by atoms with Crippen LogP contribution in [0.3, 0.4) is 0 Å². The highest BCUT2D eigenvalue weighted by molar-refractivity contribution is 5.85. The van der Waals surface area contributed by atoms with Gasteiger partial charge < -0.3 is 15.8 Å². The lowest BCUT2D eigenvalue weighted by Crippen LogP contribution is -2.29. The number of carbonyl (C=O) groups is 1. The van der Waals surface area contributed by atoms with Gasteiger partial charge >= 0.3 is 0 Å². The van der Waals surface area contributed by atoms with Gasteiger partial charge in [-0.15, -0.1) is 12.4 Å². The number of benzene rings is 1. The molecular weight excluding hydrogens is 302 g/mol. The summed E-state index contributed by atoms with van der Waals surface area (Å²) in [5.41, 5.74) is 7.97. The molecule has 0 radical (unpaired) electrons. The summed E-state index contributed by atoms with van der Waals surface area (Å²) in [5, 5.41) is 2.80. The minimum Gasteiger partial charge on any atom is -0.492 e. The fourth-order valence-electron chi connectivity index (χ4n) is 1.83. The van der Waals surface area contributed by atoms with Crippen LogP contribution in [-0.4, -0.2) is 24.0 Å². The molecule has 3 N–H and O–H groups in total. The molecule has 0 saturated heterocycles. The van der Waals surface area contributed by atoms with Crippen molar-refractivity contribution < 1.29 is 9.53 Å². The van der Waals surface area contributed by atoms with Crippen molar-refractivity contribution in [2.75, 3.05) is 18.9 Å². The number of pyridine rings is 1. The predicted octanol–water partition coefficient (Wildman–Crippen LogP) is 2.13. The maximum absolute atomic E-state index is 11.7. The number of hydrogen-bond acceptors (Lipinski definition) is 4. The van der Waals surface area contributed by atoms with E-state index in [0.717, 1.165) is 11.3 Å². The minimum atomic E-state index is -0.0832. The van der Waals surface area contributed by atoms with E-state index in [1.807, 2.05) is 31.2 Å². The molecule has 0 unspecified atom stereocenters. The molecule has 2 aromatic rings. The summed E-state index contributed by atoms with van der Waals surface area (Å²) >= 11 is 0. The number of aromatic nitrogens is 1. The third-order valence-electron chi connectivity index (χ3n) is 2.87. The second-order valence-electron chi connectivity index (χ2n) is 4.77. The molecule has 0 aliphatic rings. The largest absolute Gasteiger partial charge is 0.492 e. The maximum atomic E-state index is 11.7. The number of anilines is 1. The molecule has 1 amide bonds. The molecular formula is C16H20ClN3O2. The molecule has 22 heavy (non-hydrogen) atoms. The minimum absolute atomic E-state index is 0. The van der Waals surface area contributed by atoms with Crippen LogP contribution >= 0.6 is 12.4 Å². The van der Waals surface area contributed by atoms with Crippen molar-refractivity contribution in [3.05, 3.63) is 53.9 Å². The van der Waals surface area contributed by atoms with E-state index in [-0.39, 0.29) is 24.7 Å². The van der Waals surface area contributed by atoms with Crippen LogP contribution in [0.1, 0.15) is 11.3 Å². The number of rotatable bonds is 6. The van der Waals surface area contributed by atoms with Crippen LogP contribution in [0.2, 0.25) is 0 Å². The quantitative estimate of drug-likeness (QED) is 0.799. The lowest BCUT2D eigenvalue weighted by Gasteiger charge is -2.08. The molecule has 6 heteroatoms. The number of aryl methyl sites for hydroxylation is 1. The van der Waals surface area contributed by atoms with Crippen molar-refractivity contribution in [2.24, 2.45) is 0 Å². The number of nitrogens with one attached hydrogen (secondary N) is 1. The Bertz CT molecular complexity index is 603. The maximum Gasteiger partial charge on any atom is 0.226 e. The molecule has 2 rings (SSSR count). The van der Waals surface area contributed by atoms with E-state index in [2.05, 4.69) is 10.3 Å². The van der Waals surface area contributed by atoms with Gasteiger partial charge in [-0.2, -0.15) is 0 Å². The molecule has 1 aromatic carbocycles. The molecule has 0 aliphatic heterocycles. The average molecular weight is 322 g/mol. The van der Waals surface area contributed by atoms with E-state index in [1.54, 1.807) is 18.3 Å². The van der Waals surface area contributed by atoms with Gasteiger partial charge in [0.05, 0.1) is 24.8 Å². The molecule has 1 aromatic heterocycles. The van der Waals surface area contributed by atoms with Crippen molar-refractivity contribution in [1.82, 2.24) is 10.3 Å². The number of hydrogen-bond donors (Lipinski definition) is 2. The van der Waals surface area contributed by atoms with Crippen LogP contribution in [0.4, 0.5) is 5.69 Å². The number of carbonyl (C=O) groups excluding carboxylic acids is 1. The average Bonchev–Trinajstić information content (AvgIpc) is 2.46. The van der Waals surface area contributed by atoms with Gasteiger partial charge in [0.1, 0.15) is 12.4 Å². The van der Waals surface area contributed by atoms with Crippen LogP contribution in [-0.2, 0) is 11.2 Å². The zero-order chi connectivity index (χ0) is 15.1. The molecule has 0 fully saturated rings. The number of nitrogens with two attached hydrogens (primary N) is 1. The van der Waals surface area contributed by atoms with Crippen molar-refractivity contribution in [2.45, 2.75) is 13.3 Å². The summed E-state index contributed by atoms with van der Waals surface area (Å²) in [5.74, 6) is 0.726. The first-order valence-corrected chi connectivity index (χ1v) is 6.80. The van der Waals surface area contributed by atoms with Crippen LogP contribution in [0, 0.1) is 6.92 Å². The summed E-state index contributed by atoms with van der Waals surface area (Å²) in [4.78, 5) is 15.8. The highest BCUT2D eigenvalue weighted by atomic mass is 35.5. The Morgan fingerprint density at radius 1 is 1.32 bits per heavy atom. The Balaban J connectivity index is 0.00000242. The van der Waals surface area contributed by atoms with Gasteiger partial charge in [0.25, 0.3) is 0 Å². The Morgan fingerprint density at radius 3 is 2.82 bits per heavy atom. The summed E-state index contributed by atoms with van der Waals surface area (Å²) in [6.07, 6.45) is 1.79. The molecule has 0 spiro atoms. The number of ether oxygens (including phenoxy) is 1. The molecule has 0 bridgehead atoms. The fraction of sp³-hybridized carbons (Fsp3) is 0.250. The SMILES string of the molecule is Cc1cccc(OCCNC(=O)Cc2ccc(N)cn2)c1.Cl. The van der Waals surface area contributed by atoms with Gasteiger partial charge in [0, 0.05) is 5.69 Å². The van der Waals surface area contributed by atoms with E-state index in [9.17, 15) is 4.79 Å². The first kappa shape index (κ1) is 17.8. The van der Waals surface area contributed by atoms with E-state index in [1.165, 1.54) is 0 Å². The lowest BCUT2D eigenvalue weighted by molar-refractivity contribution is -0.120. The Labute approximate surface area is 136 Å². The van der Waals surface area contributed by atoms with E-state index in [0.29, 0.717) is 24.5 Å². The van der Waals surface area contributed by atoms with Gasteiger partial charge in [-0.1, -0.05) is 12.1 Å². The third-order valence-corrected chi connectivity index (χ3v) is 2.87. The molecule has 118 valence electrons. The van der Waals surface area contributed by atoms with E-state index >= 15 is 0 Å². The van der Waals surface area contributed by atoms with Crippen molar-refractivity contribution in [1.29, 1.82) is 0 Å². The molecule has 0 aliphatic carbocycles. The molecule has 5 nitrogen and oxygen atoms in total. The fourth-order valence-corrected chi connectivity index (χ4v) is 1.83. The zero-order valence-electron chi connectivity index (χ0n) is 12.4. The van der Waals surface area contributed by atoms with Crippen molar-refractivity contribution in [3.63, 3.8) is 0 Å². The second-order valence-corrected chi connectivity index (χ2v) is 4.77. The molecule has 0 saturated carbocycles. The topological polar surface area (TPSA) is 77.2 Å². The standard InChI is InChI=1S/C16H19N3O2.ClH/c1-12-3-2-4-15(9-12)21-8-7-18-16(20)10-14-6-5-13(17)11-19-14;/h2-6,9,11H,7-8,10,17H2,1H3,(H,18,20);1H. The second kappa shape index (κ2) is 8.89. The van der Waals surface area contributed by atoms with E-state index in [4.69, 9.17) is 10.5 Å². The van der Waals surface area contributed by atoms with Crippen LogP contribution in [0.5, 0.6) is 5.75 Å². The summed E-state index contributed by atoms with van der Waals surface area (Å²) in [6.45, 7) is 2.90. The molecule has 0 atom stereocenters. The number of amides is 1. The van der Waals surface area contributed by atoms with Crippen LogP contribution in [0.25, 0.3) is 0 Å². The first-order chi connectivity index (χ1) is 10.1. The Morgan fingerprint density at radius 2 is 2.14 bits per heavy atom. The van der Waals surface area contributed by atoms with Crippen LogP contribution < -0.4 is 15.8 Å². The number of halogens is 1. The van der Waals surface area contributed by atoms with E-state index < -0.39 is 0 Å². The number of nitrogen functional groups attached to an aromatic ring is 1. The van der Waals surface area contributed by atoms with Crippen molar-refractivity contribution in [3.8, 4) is 5.75 Å². The first-order valence-electron chi connectivity index (χ1n) is 6.80. The highest BCUT2D eigenvalue weighted by Gasteiger charge is 2.04. The van der Waals surface area contributed by atoms with Crippen molar-refractivity contribution >= 4 is 24.0 Å². The van der Waals surface area contributed by atoms with Gasteiger partial charge in [0.2, 0.25) is 5.91 Å². The Kier molecular flexibility index (Phi) is 7.19. The zero-order valence-corrected chi connectivity index (χ0v) is 13.2. The molecule has 1 heterocycles. The highest BCUT2D eigenvalue weighted by Crippen LogP contribution is 2.11. The monoisotopic (exact) mass is 321 g/mol. The Hall–Kier alpha value is -2.27. The summed E-state index contributed by atoms with van der Waals surface area (Å²) in [6, 6.07) is 11.3. The van der Waals surface area contributed by atoms with Gasteiger partial charge in [-0.25, -0.2) is 0 Å². The van der Waals surface area contributed by atoms with Crippen LogP contribution in [0.15, 0.2) is 42.6 Å². The smallest absolute Gasteiger partial charge is 0.226 e.